The topological polar surface area (TPSA) is 48.3 Å². The minimum atomic E-state index is -0.795. The normalized spacial score (nSPS) is 10.7. The maximum Gasteiger partial charge on any atom is 0.381 e. The molecule has 0 amide bonds. The van der Waals surface area contributed by atoms with Crippen molar-refractivity contribution in [1.29, 1.82) is 0 Å². The van der Waals surface area contributed by atoms with Crippen molar-refractivity contribution in [2.45, 2.75) is 27.3 Å². The first-order valence-corrected chi connectivity index (χ1v) is 6.39. The standard InChI is InChI=1S/C15H17NO3/c1-4-16-12-8-10(3)6-7-11(12)9-13(16)14(17)15(18)19-5-2/h6-9H,4-5H2,1-3H3. The largest absolute Gasteiger partial charge is 0.460 e. The highest BCUT2D eigenvalue weighted by atomic mass is 16.5. The van der Waals surface area contributed by atoms with Gasteiger partial charge in [0, 0.05) is 17.4 Å². The number of Topliss-reactive ketones (excluding diaryl/α,β-unsaturated/α-hetero) is 1. The fourth-order valence-electron chi connectivity index (χ4n) is 2.19. The molecule has 1 heterocycles. The van der Waals surface area contributed by atoms with Crippen molar-refractivity contribution in [3.63, 3.8) is 0 Å². The van der Waals surface area contributed by atoms with E-state index in [1.807, 2.05) is 36.6 Å². The fraction of sp³-hybridized carbons (Fsp3) is 0.333. The van der Waals surface area contributed by atoms with Crippen LogP contribution in [0.4, 0.5) is 0 Å². The Labute approximate surface area is 112 Å². The average Bonchev–Trinajstić information content (AvgIpc) is 2.75. The van der Waals surface area contributed by atoms with Crippen molar-refractivity contribution in [3.8, 4) is 0 Å². The van der Waals surface area contributed by atoms with Gasteiger partial charge in [-0.2, -0.15) is 0 Å². The lowest BCUT2D eigenvalue weighted by atomic mass is 10.2. The third kappa shape index (κ3) is 2.38. The van der Waals surface area contributed by atoms with E-state index in [1.54, 1.807) is 13.0 Å². The van der Waals surface area contributed by atoms with Crippen LogP contribution in [0.5, 0.6) is 0 Å². The van der Waals surface area contributed by atoms with Crippen LogP contribution in [0.1, 0.15) is 29.9 Å². The summed E-state index contributed by atoms with van der Waals surface area (Å²) >= 11 is 0. The molecule has 0 fully saturated rings. The zero-order valence-corrected chi connectivity index (χ0v) is 11.4. The number of esters is 1. The number of hydrogen-bond acceptors (Lipinski definition) is 3. The summed E-state index contributed by atoms with van der Waals surface area (Å²) in [4.78, 5) is 23.6. The maximum absolute atomic E-state index is 12.1. The van der Waals surface area contributed by atoms with Crippen LogP contribution in [0.15, 0.2) is 24.3 Å². The van der Waals surface area contributed by atoms with E-state index >= 15 is 0 Å². The van der Waals surface area contributed by atoms with Gasteiger partial charge in [-0.1, -0.05) is 12.1 Å². The molecule has 0 aliphatic heterocycles. The second-order valence-corrected chi connectivity index (χ2v) is 4.39. The van der Waals surface area contributed by atoms with Gasteiger partial charge in [0.25, 0.3) is 5.78 Å². The van der Waals surface area contributed by atoms with Gasteiger partial charge in [-0.25, -0.2) is 4.79 Å². The molecule has 0 aliphatic rings. The number of carbonyl (C=O) groups is 2. The van der Waals surface area contributed by atoms with Gasteiger partial charge in [0.15, 0.2) is 0 Å². The molecule has 4 heteroatoms. The molecule has 0 saturated heterocycles. The van der Waals surface area contributed by atoms with Crippen LogP contribution in [-0.4, -0.2) is 22.9 Å². The SMILES string of the molecule is CCOC(=O)C(=O)c1cc2ccc(C)cc2n1CC. The molecule has 0 unspecified atom stereocenters. The van der Waals surface area contributed by atoms with Crippen molar-refractivity contribution in [2.75, 3.05) is 6.61 Å². The maximum atomic E-state index is 12.1. The Bertz CT molecular complexity index is 640. The Morgan fingerprint density at radius 3 is 2.58 bits per heavy atom. The minimum Gasteiger partial charge on any atom is -0.460 e. The summed E-state index contributed by atoms with van der Waals surface area (Å²) < 4.78 is 6.62. The molecule has 19 heavy (non-hydrogen) atoms. The Balaban J connectivity index is 2.54. The fourth-order valence-corrected chi connectivity index (χ4v) is 2.19. The molecule has 1 aromatic heterocycles. The molecule has 0 atom stereocenters. The van der Waals surface area contributed by atoms with Crippen molar-refractivity contribution in [3.05, 3.63) is 35.5 Å². The van der Waals surface area contributed by atoms with E-state index in [0.29, 0.717) is 12.2 Å². The molecule has 0 saturated carbocycles. The van der Waals surface area contributed by atoms with E-state index in [1.165, 1.54) is 0 Å². The monoisotopic (exact) mass is 259 g/mol. The van der Waals surface area contributed by atoms with Gasteiger partial charge < -0.3 is 9.30 Å². The Morgan fingerprint density at radius 2 is 1.95 bits per heavy atom. The highest BCUT2D eigenvalue weighted by Gasteiger charge is 2.22. The molecule has 100 valence electrons. The lowest BCUT2D eigenvalue weighted by molar-refractivity contribution is -0.137. The molecule has 0 aliphatic carbocycles. The number of hydrogen-bond donors (Lipinski definition) is 0. The average molecular weight is 259 g/mol. The van der Waals surface area contributed by atoms with Crippen LogP contribution in [0, 0.1) is 6.92 Å². The minimum absolute atomic E-state index is 0.204. The van der Waals surface area contributed by atoms with Crippen molar-refractivity contribution in [2.24, 2.45) is 0 Å². The summed E-state index contributed by atoms with van der Waals surface area (Å²) in [5, 5.41) is 0.958. The molecule has 0 radical (unpaired) electrons. The number of aryl methyl sites for hydroxylation is 2. The van der Waals surface area contributed by atoms with Gasteiger partial charge in [-0.05, 0) is 38.5 Å². The van der Waals surface area contributed by atoms with Gasteiger partial charge >= 0.3 is 5.97 Å². The highest BCUT2D eigenvalue weighted by molar-refractivity contribution is 6.40. The Morgan fingerprint density at radius 1 is 1.21 bits per heavy atom. The quantitative estimate of drug-likeness (QED) is 0.482. The highest BCUT2D eigenvalue weighted by Crippen LogP contribution is 2.22. The lowest BCUT2D eigenvalue weighted by Gasteiger charge is -2.06. The number of nitrogens with zero attached hydrogens (tertiary/aromatic N) is 1. The first-order valence-electron chi connectivity index (χ1n) is 6.39. The van der Waals surface area contributed by atoms with E-state index < -0.39 is 11.8 Å². The van der Waals surface area contributed by atoms with E-state index in [9.17, 15) is 9.59 Å². The number of ketones is 1. The summed E-state index contributed by atoms with van der Waals surface area (Å²) in [5.41, 5.74) is 2.48. The second-order valence-electron chi connectivity index (χ2n) is 4.39. The third-order valence-electron chi connectivity index (χ3n) is 3.07. The Hall–Kier alpha value is -2.10. The first kappa shape index (κ1) is 13.3. The smallest absolute Gasteiger partial charge is 0.381 e. The number of carbonyl (C=O) groups excluding carboxylic acids is 2. The van der Waals surface area contributed by atoms with Crippen LogP contribution >= 0.6 is 0 Å². The first-order chi connectivity index (χ1) is 9.08. The number of aromatic nitrogens is 1. The predicted molar refractivity (Wildman–Crippen MR) is 73.3 cm³/mol. The van der Waals surface area contributed by atoms with E-state index in [-0.39, 0.29) is 6.61 Å². The van der Waals surface area contributed by atoms with Crippen LogP contribution in [0.2, 0.25) is 0 Å². The summed E-state index contributed by atoms with van der Waals surface area (Å²) in [6.07, 6.45) is 0. The van der Waals surface area contributed by atoms with Crippen LogP contribution in [-0.2, 0) is 16.1 Å². The summed E-state index contributed by atoms with van der Waals surface area (Å²) in [6, 6.07) is 7.71. The number of benzene rings is 1. The molecule has 1 aromatic carbocycles. The molecule has 2 rings (SSSR count). The molecule has 2 aromatic rings. The molecule has 0 spiro atoms. The molecule has 0 N–H and O–H groups in total. The molecular formula is C15H17NO3. The summed E-state index contributed by atoms with van der Waals surface area (Å²) in [7, 11) is 0. The van der Waals surface area contributed by atoms with Gasteiger partial charge in [-0.3, -0.25) is 4.79 Å². The van der Waals surface area contributed by atoms with Crippen molar-refractivity contribution >= 4 is 22.7 Å². The zero-order valence-electron chi connectivity index (χ0n) is 11.4. The number of rotatable bonds is 4. The Kier molecular flexibility index (Phi) is 3.69. The van der Waals surface area contributed by atoms with Crippen LogP contribution < -0.4 is 0 Å². The van der Waals surface area contributed by atoms with E-state index in [0.717, 1.165) is 16.5 Å². The molecule has 4 nitrogen and oxygen atoms in total. The molecule has 0 bridgehead atoms. The third-order valence-corrected chi connectivity index (χ3v) is 3.07. The zero-order chi connectivity index (χ0) is 14.0. The summed E-state index contributed by atoms with van der Waals surface area (Å²) in [6.45, 7) is 6.47. The van der Waals surface area contributed by atoms with E-state index in [2.05, 4.69) is 0 Å². The number of ether oxygens (including phenoxy) is 1. The lowest BCUT2D eigenvalue weighted by Crippen LogP contribution is -2.20. The predicted octanol–water partition coefficient (Wildman–Crippen LogP) is 2.72. The van der Waals surface area contributed by atoms with Crippen molar-refractivity contribution in [1.82, 2.24) is 4.57 Å². The van der Waals surface area contributed by atoms with E-state index in [4.69, 9.17) is 4.74 Å². The van der Waals surface area contributed by atoms with Gasteiger partial charge in [0.2, 0.25) is 0 Å². The summed E-state index contributed by atoms with van der Waals surface area (Å²) in [5.74, 6) is -1.38. The van der Waals surface area contributed by atoms with Crippen LogP contribution in [0.25, 0.3) is 10.9 Å². The van der Waals surface area contributed by atoms with Gasteiger partial charge in [0.1, 0.15) is 0 Å². The van der Waals surface area contributed by atoms with Gasteiger partial charge in [-0.15, -0.1) is 0 Å². The number of fused-ring (bicyclic) bond motifs is 1. The van der Waals surface area contributed by atoms with Crippen LogP contribution in [0.3, 0.4) is 0 Å². The second kappa shape index (κ2) is 5.26. The van der Waals surface area contributed by atoms with Gasteiger partial charge in [0.05, 0.1) is 12.3 Å². The molecular weight excluding hydrogens is 242 g/mol. The van der Waals surface area contributed by atoms with Crippen molar-refractivity contribution < 1.29 is 14.3 Å².